The Labute approximate surface area is 109 Å². The number of benzene rings is 1. The van der Waals surface area contributed by atoms with Crippen molar-refractivity contribution in [2.24, 2.45) is 0 Å². The Morgan fingerprint density at radius 1 is 1.44 bits per heavy atom. The molecule has 1 aliphatic heterocycles. The first-order valence-electron chi connectivity index (χ1n) is 6.22. The average molecular weight is 250 g/mol. The quantitative estimate of drug-likeness (QED) is 0.820. The zero-order valence-electron chi connectivity index (χ0n) is 11.1. The fraction of sp³-hybridized carbons (Fsp3) is 0.500. The van der Waals surface area contributed by atoms with Gasteiger partial charge in [0.2, 0.25) is 0 Å². The van der Waals surface area contributed by atoms with Crippen LogP contribution in [0.4, 0.5) is 0 Å². The number of rotatable bonds is 3. The van der Waals surface area contributed by atoms with Crippen LogP contribution in [0.25, 0.3) is 0 Å². The maximum absolute atomic E-state index is 8.95. The molecular weight excluding hydrogens is 228 g/mol. The lowest BCUT2D eigenvalue weighted by Crippen LogP contribution is -2.48. The number of nitrogens with zero attached hydrogens (tertiary/aromatic N) is 1. The van der Waals surface area contributed by atoms with Gasteiger partial charge in [-0.3, -0.25) is 9.69 Å². The van der Waals surface area contributed by atoms with Crippen LogP contribution >= 0.6 is 0 Å². The molecule has 0 radical (unpaired) electrons. The van der Waals surface area contributed by atoms with E-state index >= 15 is 0 Å². The zero-order valence-corrected chi connectivity index (χ0v) is 11.1. The molecule has 100 valence electrons. The molecule has 1 N–H and O–H groups in total. The lowest BCUT2D eigenvalue weighted by Gasteiger charge is -2.31. The molecule has 0 unspecified atom stereocenters. The number of hydrogen-bond donors (Lipinski definition) is 1. The van der Waals surface area contributed by atoms with Crippen molar-refractivity contribution in [1.82, 2.24) is 10.2 Å². The summed E-state index contributed by atoms with van der Waals surface area (Å²) in [7, 11) is 1.31. The molecule has 0 saturated carbocycles. The van der Waals surface area contributed by atoms with Crippen LogP contribution < -0.4 is 5.32 Å². The third kappa shape index (κ3) is 5.80. The second kappa shape index (κ2) is 8.66. The minimum Gasteiger partial charge on any atom is -0.471 e. The maximum Gasteiger partial charge on any atom is 0.292 e. The van der Waals surface area contributed by atoms with E-state index in [1.54, 1.807) is 0 Å². The monoisotopic (exact) mass is 250 g/mol. The Morgan fingerprint density at radius 3 is 2.67 bits per heavy atom. The van der Waals surface area contributed by atoms with Crippen molar-refractivity contribution in [1.29, 1.82) is 0 Å². The molecule has 1 fully saturated rings. The summed E-state index contributed by atoms with van der Waals surface area (Å²) in [5.74, 6) is 0. The standard InChI is InChI=1S/C12H18N2.C2H4O2/c1-11-9-14(8-7-13-11)10-12-5-3-2-4-6-12;1-4-2-3/h2-6,11,13H,7-10H2,1H3;2H,1H3/t11-;/m1./s1. The molecule has 1 aromatic carbocycles. The topological polar surface area (TPSA) is 41.6 Å². The zero-order chi connectivity index (χ0) is 13.2. The van der Waals surface area contributed by atoms with Crippen molar-refractivity contribution in [3.8, 4) is 0 Å². The molecule has 4 nitrogen and oxygen atoms in total. The Kier molecular flexibility index (Phi) is 7.06. The van der Waals surface area contributed by atoms with Gasteiger partial charge in [-0.05, 0) is 12.5 Å². The van der Waals surface area contributed by atoms with E-state index in [1.165, 1.54) is 19.2 Å². The highest BCUT2D eigenvalue weighted by atomic mass is 16.5. The molecule has 1 aliphatic rings. The average Bonchev–Trinajstić information content (AvgIpc) is 2.40. The van der Waals surface area contributed by atoms with Gasteiger partial charge in [-0.2, -0.15) is 0 Å². The number of carbonyl (C=O) groups excluding carboxylic acids is 1. The molecule has 1 saturated heterocycles. The largest absolute Gasteiger partial charge is 0.471 e. The fourth-order valence-electron chi connectivity index (χ4n) is 2.00. The van der Waals surface area contributed by atoms with Crippen LogP contribution in [0.2, 0.25) is 0 Å². The van der Waals surface area contributed by atoms with Crippen molar-refractivity contribution >= 4 is 6.47 Å². The summed E-state index contributed by atoms with van der Waals surface area (Å²) in [4.78, 5) is 11.5. The third-order valence-corrected chi connectivity index (χ3v) is 2.80. The summed E-state index contributed by atoms with van der Waals surface area (Å²) >= 11 is 0. The second-order valence-corrected chi connectivity index (χ2v) is 4.41. The van der Waals surface area contributed by atoms with E-state index in [2.05, 4.69) is 52.2 Å². The minimum atomic E-state index is 0.375. The van der Waals surface area contributed by atoms with Gasteiger partial charge in [0.15, 0.2) is 0 Å². The predicted molar refractivity (Wildman–Crippen MR) is 72.3 cm³/mol. The molecule has 1 aromatic rings. The van der Waals surface area contributed by atoms with Crippen LogP contribution in [0.3, 0.4) is 0 Å². The summed E-state index contributed by atoms with van der Waals surface area (Å²) in [6.45, 7) is 7.16. The molecule has 1 atom stereocenters. The number of ether oxygens (including phenoxy) is 1. The first kappa shape index (κ1) is 14.7. The highest BCUT2D eigenvalue weighted by molar-refractivity contribution is 5.36. The second-order valence-electron chi connectivity index (χ2n) is 4.41. The van der Waals surface area contributed by atoms with Crippen LogP contribution in [-0.4, -0.2) is 44.2 Å². The van der Waals surface area contributed by atoms with Gasteiger partial charge in [-0.1, -0.05) is 30.3 Å². The van der Waals surface area contributed by atoms with Crippen LogP contribution in [0.5, 0.6) is 0 Å². The Balaban J connectivity index is 0.000000357. The van der Waals surface area contributed by atoms with Crippen molar-refractivity contribution in [2.45, 2.75) is 19.5 Å². The predicted octanol–water partition coefficient (Wildman–Crippen LogP) is 1.27. The number of carbonyl (C=O) groups is 1. The molecule has 1 heterocycles. The van der Waals surface area contributed by atoms with Crippen molar-refractivity contribution in [3.05, 3.63) is 35.9 Å². The molecule has 0 aliphatic carbocycles. The van der Waals surface area contributed by atoms with E-state index in [1.807, 2.05) is 0 Å². The molecule has 0 amide bonds. The van der Waals surface area contributed by atoms with Crippen LogP contribution in [0, 0.1) is 0 Å². The van der Waals surface area contributed by atoms with E-state index in [0.29, 0.717) is 12.5 Å². The van der Waals surface area contributed by atoms with E-state index < -0.39 is 0 Å². The number of piperazine rings is 1. The Hall–Kier alpha value is -1.39. The maximum atomic E-state index is 8.95. The lowest BCUT2D eigenvalue weighted by atomic mass is 10.2. The van der Waals surface area contributed by atoms with E-state index in [4.69, 9.17) is 4.79 Å². The van der Waals surface area contributed by atoms with Crippen molar-refractivity contribution in [3.63, 3.8) is 0 Å². The molecule has 2 rings (SSSR count). The summed E-state index contributed by atoms with van der Waals surface area (Å²) in [6.07, 6.45) is 0. The SMILES string of the molecule is COC=O.C[C@@H]1CN(Cc2ccccc2)CCN1. The Bertz CT molecular complexity index is 330. The van der Waals surface area contributed by atoms with Crippen molar-refractivity contribution < 1.29 is 9.53 Å². The lowest BCUT2D eigenvalue weighted by molar-refractivity contribution is -0.126. The van der Waals surface area contributed by atoms with E-state index in [-0.39, 0.29) is 0 Å². The van der Waals surface area contributed by atoms with E-state index in [0.717, 1.165) is 19.6 Å². The first-order valence-corrected chi connectivity index (χ1v) is 6.22. The molecule has 0 spiro atoms. The minimum absolute atomic E-state index is 0.375. The normalized spacial score (nSPS) is 19.6. The summed E-state index contributed by atoms with van der Waals surface area (Å²) in [6, 6.07) is 11.3. The summed E-state index contributed by atoms with van der Waals surface area (Å²) < 4.78 is 3.86. The van der Waals surface area contributed by atoms with Gasteiger partial charge < -0.3 is 10.1 Å². The van der Waals surface area contributed by atoms with Crippen LogP contribution in [0.1, 0.15) is 12.5 Å². The molecule has 18 heavy (non-hydrogen) atoms. The van der Waals surface area contributed by atoms with Crippen LogP contribution in [-0.2, 0) is 16.1 Å². The smallest absolute Gasteiger partial charge is 0.292 e. The summed E-state index contributed by atoms with van der Waals surface area (Å²) in [5.41, 5.74) is 1.42. The fourth-order valence-corrected chi connectivity index (χ4v) is 2.00. The highest BCUT2D eigenvalue weighted by Gasteiger charge is 2.14. The van der Waals surface area contributed by atoms with Gasteiger partial charge in [0.05, 0.1) is 7.11 Å². The van der Waals surface area contributed by atoms with Gasteiger partial charge in [0.25, 0.3) is 6.47 Å². The van der Waals surface area contributed by atoms with Crippen molar-refractivity contribution in [2.75, 3.05) is 26.7 Å². The van der Waals surface area contributed by atoms with Gasteiger partial charge in [0.1, 0.15) is 0 Å². The molecule has 0 aromatic heterocycles. The highest BCUT2D eigenvalue weighted by Crippen LogP contribution is 2.06. The first-order chi connectivity index (χ1) is 8.76. The van der Waals surface area contributed by atoms with E-state index in [9.17, 15) is 0 Å². The number of nitrogens with one attached hydrogen (secondary N) is 1. The molecule has 4 heteroatoms. The van der Waals surface area contributed by atoms with Crippen LogP contribution in [0.15, 0.2) is 30.3 Å². The van der Waals surface area contributed by atoms with Gasteiger partial charge in [-0.25, -0.2) is 0 Å². The number of hydrogen-bond acceptors (Lipinski definition) is 4. The molecular formula is C14H22N2O2. The van der Waals surface area contributed by atoms with Gasteiger partial charge in [0, 0.05) is 32.2 Å². The third-order valence-electron chi connectivity index (χ3n) is 2.80. The van der Waals surface area contributed by atoms with Gasteiger partial charge in [-0.15, -0.1) is 0 Å². The summed E-state index contributed by atoms with van der Waals surface area (Å²) in [5, 5.41) is 3.46. The number of methoxy groups -OCH3 is 1. The Morgan fingerprint density at radius 2 is 2.11 bits per heavy atom. The molecule has 0 bridgehead atoms. The van der Waals surface area contributed by atoms with Gasteiger partial charge >= 0.3 is 0 Å².